The first-order valence-corrected chi connectivity index (χ1v) is 10.9. The SMILES string of the molecule is CC[C@H](CO)Nc1nc(CN2CCC(C)CC2)nc2sc3c(c12)CCC3. The predicted octanol–water partition coefficient (Wildman–Crippen LogP) is 3.59. The maximum absolute atomic E-state index is 9.65. The van der Waals surface area contributed by atoms with Gasteiger partial charge in [-0.1, -0.05) is 13.8 Å². The van der Waals surface area contributed by atoms with Crippen LogP contribution in [0.25, 0.3) is 10.2 Å². The first-order valence-electron chi connectivity index (χ1n) is 10.1. The number of likely N-dealkylation sites (tertiary alicyclic amines) is 1. The van der Waals surface area contributed by atoms with Gasteiger partial charge in [-0.05, 0) is 63.1 Å². The minimum absolute atomic E-state index is 0.0498. The monoisotopic (exact) mass is 374 g/mol. The summed E-state index contributed by atoms with van der Waals surface area (Å²) < 4.78 is 0. The molecule has 1 fully saturated rings. The molecule has 1 aliphatic carbocycles. The maximum atomic E-state index is 9.65. The third-order valence-corrected chi connectivity index (χ3v) is 7.09. The average molecular weight is 375 g/mol. The number of anilines is 1. The number of rotatable bonds is 6. The summed E-state index contributed by atoms with van der Waals surface area (Å²) in [7, 11) is 0. The summed E-state index contributed by atoms with van der Waals surface area (Å²) >= 11 is 1.85. The molecule has 5 nitrogen and oxygen atoms in total. The Morgan fingerprint density at radius 2 is 2.08 bits per heavy atom. The minimum Gasteiger partial charge on any atom is -0.394 e. The van der Waals surface area contributed by atoms with Crippen LogP contribution in [0.2, 0.25) is 0 Å². The highest BCUT2D eigenvalue weighted by atomic mass is 32.1. The minimum atomic E-state index is 0.0498. The number of hydrogen-bond acceptors (Lipinski definition) is 6. The normalized spacial score (nSPS) is 19.8. The van der Waals surface area contributed by atoms with Gasteiger partial charge in [-0.25, -0.2) is 9.97 Å². The predicted molar refractivity (Wildman–Crippen MR) is 108 cm³/mol. The zero-order valence-corrected chi connectivity index (χ0v) is 16.7. The first-order chi connectivity index (χ1) is 12.7. The molecule has 6 heteroatoms. The molecule has 2 aromatic heterocycles. The molecule has 2 aromatic rings. The zero-order chi connectivity index (χ0) is 18.1. The molecule has 1 aliphatic heterocycles. The van der Waals surface area contributed by atoms with E-state index in [9.17, 15) is 5.11 Å². The summed E-state index contributed by atoms with van der Waals surface area (Å²) in [5.74, 6) is 2.69. The second-order valence-electron chi connectivity index (χ2n) is 7.92. The van der Waals surface area contributed by atoms with E-state index >= 15 is 0 Å². The molecular formula is C20H30N4OS. The molecule has 0 spiro atoms. The Kier molecular flexibility index (Phi) is 5.43. The lowest BCUT2D eigenvalue weighted by molar-refractivity contribution is 0.181. The van der Waals surface area contributed by atoms with Gasteiger partial charge in [0.2, 0.25) is 0 Å². The van der Waals surface area contributed by atoms with Gasteiger partial charge in [0, 0.05) is 4.88 Å². The van der Waals surface area contributed by atoms with Crippen molar-refractivity contribution >= 4 is 27.4 Å². The highest BCUT2D eigenvalue weighted by molar-refractivity contribution is 7.19. The van der Waals surface area contributed by atoms with Gasteiger partial charge in [0.1, 0.15) is 16.5 Å². The van der Waals surface area contributed by atoms with Gasteiger partial charge in [-0.2, -0.15) is 0 Å². The molecule has 26 heavy (non-hydrogen) atoms. The molecule has 0 radical (unpaired) electrons. The molecule has 0 aromatic carbocycles. The Morgan fingerprint density at radius 1 is 1.27 bits per heavy atom. The Labute approximate surface area is 159 Å². The smallest absolute Gasteiger partial charge is 0.146 e. The van der Waals surface area contributed by atoms with Crippen molar-refractivity contribution in [3.8, 4) is 0 Å². The van der Waals surface area contributed by atoms with Crippen molar-refractivity contribution in [2.45, 2.75) is 65.0 Å². The highest BCUT2D eigenvalue weighted by Gasteiger charge is 2.24. The first kappa shape index (κ1) is 18.1. The van der Waals surface area contributed by atoms with Crippen LogP contribution in [0.5, 0.6) is 0 Å². The van der Waals surface area contributed by atoms with E-state index in [1.807, 2.05) is 11.3 Å². The topological polar surface area (TPSA) is 61.3 Å². The van der Waals surface area contributed by atoms with E-state index in [0.29, 0.717) is 0 Å². The number of piperidine rings is 1. The Morgan fingerprint density at radius 3 is 2.81 bits per heavy atom. The summed E-state index contributed by atoms with van der Waals surface area (Å²) in [5, 5.41) is 14.4. The van der Waals surface area contributed by atoms with E-state index in [1.165, 1.54) is 41.5 Å². The van der Waals surface area contributed by atoms with E-state index in [4.69, 9.17) is 9.97 Å². The molecule has 0 bridgehead atoms. The quantitative estimate of drug-likeness (QED) is 0.809. The van der Waals surface area contributed by atoms with Crippen molar-refractivity contribution in [1.29, 1.82) is 0 Å². The second-order valence-corrected chi connectivity index (χ2v) is 9.00. The number of hydrogen-bond donors (Lipinski definition) is 2. The molecule has 142 valence electrons. The van der Waals surface area contributed by atoms with Crippen LogP contribution in [0, 0.1) is 5.92 Å². The fourth-order valence-electron chi connectivity index (χ4n) is 4.11. The lowest BCUT2D eigenvalue weighted by Gasteiger charge is -2.29. The van der Waals surface area contributed by atoms with E-state index in [2.05, 4.69) is 24.1 Å². The van der Waals surface area contributed by atoms with E-state index in [1.54, 1.807) is 0 Å². The largest absolute Gasteiger partial charge is 0.394 e. The summed E-state index contributed by atoms with van der Waals surface area (Å²) in [6, 6.07) is 0.0498. The van der Waals surface area contributed by atoms with Crippen LogP contribution in [-0.4, -0.2) is 45.7 Å². The van der Waals surface area contributed by atoms with Crippen LogP contribution >= 0.6 is 11.3 Å². The van der Waals surface area contributed by atoms with Crippen molar-refractivity contribution in [1.82, 2.24) is 14.9 Å². The van der Waals surface area contributed by atoms with E-state index in [0.717, 1.165) is 54.9 Å². The second kappa shape index (κ2) is 7.79. The molecule has 2 aliphatic rings. The standard InChI is InChI=1S/C20H30N4OS/c1-3-14(12-25)21-19-18-15-5-4-6-16(15)26-20(18)23-17(22-19)11-24-9-7-13(2)8-10-24/h13-14,25H,3-12H2,1-2H3,(H,21,22,23)/t14-/m1/s1. The zero-order valence-electron chi connectivity index (χ0n) is 15.9. The number of aliphatic hydroxyl groups is 1. The van der Waals surface area contributed by atoms with Crippen LogP contribution in [0.15, 0.2) is 0 Å². The molecule has 0 saturated carbocycles. The van der Waals surface area contributed by atoms with Crippen molar-refractivity contribution < 1.29 is 5.11 Å². The molecule has 3 heterocycles. The number of aliphatic hydroxyl groups excluding tert-OH is 1. The van der Waals surface area contributed by atoms with Gasteiger partial charge >= 0.3 is 0 Å². The van der Waals surface area contributed by atoms with Crippen LogP contribution in [0.3, 0.4) is 0 Å². The number of aryl methyl sites for hydroxylation is 2. The molecule has 0 amide bonds. The molecule has 4 rings (SSSR count). The van der Waals surface area contributed by atoms with Gasteiger partial charge < -0.3 is 10.4 Å². The number of thiophene rings is 1. The average Bonchev–Trinajstić information content (AvgIpc) is 3.22. The fraction of sp³-hybridized carbons (Fsp3) is 0.700. The van der Waals surface area contributed by atoms with Crippen LogP contribution in [0.1, 0.15) is 55.8 Å². The summed E-state index contributed by atoms with van der Waals surface area (Å²) in [6.07, 6.45) is 6.96. The van der Waals surface area contributed by atoms with Gasteiger partial charge in [0.15, 0.2) is 0 Å². The lowest BCUT2D eigenvalue weighted by Crippen LogP contribution is -2.33. The summed E-state index contributed by atoms with van der Waals surface area (Å²) in [6.45, 7) is 7.68. The van der Waals surface area contributed by atoms with Crippen LogP contribution in [-0.2, 0) is 19.4 Å². The van der Waals surface area contributed by atoms with Crippen molar-refractivity contribution in [3.05, 3.63) is 16.3 Å². The number of nitrogens with one attached hydrogen (secondary N) is 1. The molecule has 2 N–H and O–H groups in total. The van der Waals surface area contributed by atoms with Crippen molar-refractivity contribution in [2.75, 3.05) is 25.0 Å². The molecule has 1 atom stereocenters. The third-order valence-electron chi connectivity index (χ3n) is 5.91. The molecule has 0 unspecified atom stereocenters. The van der Waals surface area contributed by atoms with E-state index < -0.39 is 0 Å². The van der Waals surface area contributed by atoms with Crippen molar-refractivity contribution in [2.24, 2.45) is 5.92 Å². The lowest BCUT2D eigenvalue weighted by atomic mass is 9.99. The van der Waals surface area contributed by atoms with E-state index in [-0.39, 0.29) is 12.6 Å². The number of fused-ring (bicyclic) bond motifs is 3. The van der Waals surface area contributed by atoms with Gasteiger partial charge in [0.25, 0.3) is 0 Å². The Hall–Kier alpha value is -1.24. The van der Waals surface area contributed by atoms with Gasteiger partial charge in [-0.3, -0.25) is 4.90 Å². The van der Waals surface area contributed by atoms with Crippen LogP contribution < -0.4 is 5.32 Å². The summed E-state index contributed by atoms with van der Waals surface area (Å²) in [5.41, 5.74) is 1.44. The van der Waals surface area contributed by atoms with Gasteiger partial charge in [-0.15, -0.1) is 11.3 Å². The maximum Gasteiger partial charge on any atom is 0.146 e. The van der Waals surface area contributed by atoms with Crippen LogP contribution in [0.4, 0.5) is 5.82 Å². The Bertz CT molecular complexity index is 763. The molecule has 1 saturated heterocycles. The molecular weight excluding hydrogens is 344 g/mol. The third kappa shape index (κ3) is 3.59. The highest BCUT2D eigenvalue weighted by Crippen LogP contribution is 2.39. The fourth-order valence-corrected chi connectivity index (χ4v) is 5.39. The number of nitrogens with zero attached hydrogens (tertiary/aromatic N) is 3. The van der Waals surface area contributed by atoms with Crippen molar-refractivity contribution in [3.63, 3.8) is 0 Å². The summed E-state index contributed by atoms with van der Waals surface area (Å²) in [4.78, 5) is 15.0. The van der Waals surface area contributed by atoms with Gasteiger partial charge in [0.05, 0.1) is 24.6 Å². The number of aromatic nitrogens is 2. The Balaban J connectivity index is 1.66.